The molecule has 0 radical (unpaired) electrons. The van der Waals surface area contributed by atoms with Crippen LogP contribution in [0.5, 0.6) is 0 Å². The lowest BCUT2D eigenvalue weighted by molar-refractivity contribution is -0.142. The summed E-state index contributed by atoms with van der Waals surface area (Å²) in [5, 5.41) is 14.5. The molecule has 4 aliphatic heterocycles. The van der Waals surface area contributed by atoms with Gasteiger partial charge in [0.25, 0.3) is 0 Å². The van der Waals surface area contributed by atoms with Crippen LogP contribution in [0, 0.1) is 11.8 Å². The molecule has 20 heteroatoms. The smallest absolute Gasteiger partial charge is 0.330 e. The SMILES string of the molecule is CCCC(CC(=O)[C@@H]1CC2(CN1CC)SCCCS2)C(=O)C(=O)CCC(=O)N[C@H](C(=O)O)c1ccccc1.CCCC(CC(=O)[C@@H]1CC2(CN1CC)SCCCS2)C(=O)C(=O)CCC(=O)N[C@H](C(N)=O)c1ccccc1. The first-order valence-corrected chi connectivity index (χ1v) is 30.8. The Morgan fingerprint density at radius 1 is 0.579 bits per heavy atom. The Kier molecular flexibility index (Phi) is 25.3. The van der Waals surface area contributed by atoms with Crippen molar-refractivity contribution < 1.29 is 53.1 Å². The number of amides is 3. The van der Waals surface area contributed by atoms with E-state index in [-0.39, 0.29) is 70.3 Å². The Balaban J connectivity index is 0.000000281. The Bertz CT molecular complexity index is 2190. The molecule has 2 unspecified atom stereocenters. The molecule has 2 spiro atoms. The summed E-state index contributed by atoms with van der Waals surface area (Å²) in [5.74, 6) is -2.54. The number of aliphatic carboxylic acids is 1. The molecule has 0 saturated carbocycles. The van der Waals surface area contributed by atoms with Crippen LogP contribution in [0.1, 0.15) is 141 Å². The first-order chi connectivity index (χ1) is 36.4. The maximum atomic E-state index is 13.4. The zero-order valence-electron chi connectivity index (χ0n) is 44.4. The third-order valence-electron chi connectivity index (χ3n) is 14.4. The predicted octanol–water partition coefficient (Wildman–Crippen LogP) is 7.17. The van der Waals surface area contributed by atoms with Gasteiger partial charge in [-0.2, -0.15) is 0 Å². The van der Waals surface area contributed by atoms with E-state index in [9.17, 15) is 53.1 Å². The Labute approximate surface area is 464 Å². The van der Waals surface area contributed by atoms with Gasteiger partial charge in [0.1, 0.15) is 6.04 Å². The summed E-state index contributed by atoms with van der Waals surface area (Å²) in [7, 11) is 0. The Morgan fingerprint density at radius 2 is 0.947 bits per heavy atom. The number of carboxylic acid groups (broad SMARTS) is 1. The molecule has 416 valence electrons. The number of primary amides is 1. The number of benzene rings is 2. The van der Waals surface area contributed by atoms with E-state index in [1.807, 2.05) is 67.8 Å². The van der Waals surface area contributed by atoms with E-state index >= 15 is 0 Å². The van der Waals surface area contributed by atoms with Crippen LogP contribution in [0.2, 0.25) is 0 Å². The van der Waals surface area contributed by atoms with Crippen LogP contribution >= 0.6 is 47.0 Å². The number of nitrogens with one attached hydrogen (secondary N) is 2. The van der Waals surface area contributed by atoms with Gasteiger partial charge in [-0.15, -0.1) is 47.0 Å². The topological polar surface area (TPSA) is 247 Å². The molecule has 0 aromatic heterocycles. The quantitative estimate of drug-likeness (QED) is 0.0617. The second kappa shape index (κ2) is 30.7. The summed E-state index contributed by atoms with van der Waals surface area (Å²) in [6.07, 6.45) is 5.08. The number of ketones is 6. The number of rotatable bonds is 28. The van der Waals surface area contributed by atoms with Gasteiger partial charge in [-0.05, 0) is 85.8 Å². The molecular weight excluding hydrogens is 1050 g/mol. The van der Waals surface area contributed by atoms with Crippen molar-refractivity contribution in [3.63, 3.8) is 0 Å². The van der Waals surface area contributed by atoms with Gasteiger partial charge in [0.15, 0.2) is 29.2 Å². The summed E-state index contributed by atoms with van der Waals surface area (Å²) in [5.41, 5.74) is 6.40. The highest BCUT2D eigenvalue weighted by atomic mass is 32.2. The highest BCUT2D eigenvalue weighted by Crippen LogP contribution is 2.52. The number of nitrogens with zero attached hydrogens (tertiary/aromatic N) is 2. The van der Waals surface area contributed by atoms with E-state index in [1.165, 1.54) is 12.8 Å². The minimum atomic E-state index is -1.24. The number of carboxylic acids is 1. The van der Waals surface area contributed by atoms with Gasteiger partial charge >= 0.3 is 5.97 Å². The summed E-state index contributed by atoms with van der Waals surface area (Å²) in [4.78, 5) is 131. The second-order valence-corrected chi connectivity index (χ2v) is 26.4. The van der Waals surface area contributed by atoms with Crippen LogP contribution in [0.25, 0.3) is 0 Å². The van der Waals surface area contributed by atoms with Crippen LogP contribution in [0.4, 0.5) is 0 Å². The summed E-state index contributed by atoms with van der Waals surface area (Å²) >= 11 is 7.78. The summed E-state index contributed by atoms with van der Waals surface area (Å²) < 4.78 is 0.0835. The highest BCUT2D eigenvalue weighted by Gasteiger charge is 2.49. The van der Waals surface area contributed by atoms with Gasteiger partial charge < -0.3 is 21.5 Å². The molecule has 5 N–H and O–H groups in total. The minimum absolute atomic E-state index is 0.0139. The Morgan fingerprint density at radius 3 is 1.29 bits per heavy atom. The van der Waals surface area contributed by atoms with Crippen LogP contribution in [-0.2, 0) is 47.9 Å². The van der Waals surface area contributed by atoms with E-state index in [0.29, 0.717) is 36.8 Å². The van der Waals surface area contributed by atoms with Crippen molar-refractivity contribution in [2.24, 2.45) is 17.6 Å². The van der Waals surface area contributed by atoms with Crippen molar-refractivity contribution in [1.82, 2.24) is 20.4 Å². The third kappa shape index (κ3) is 17.8. The van der Waals surface area contributed by atoms with E-state index in [0.717, 1.165) is 62.0 Å². The van der Waals surface area contributed by atoms with Gasteiger partial charge in [0.2, 0.25) is 29.3 Å². The number of carbonyl (C=O) groups excluding carboxylic acids is 9. The molecule has 2 aromatic rings. The zero-order chi connectivity index (χ0) is 55.4. The van der Waals surface area contributed by atoms with Crippen molar-refractivity contribution in [2.45, 2.75) is 150 Å². The number of carbonyl (C=O) groups is 10. The monoisotopic (exact) mass is 1120 g/mol. The fourth-order valence-corrected chi connectivity index (χ4v) is 17.2. The lowest BCUT2D eigenvalue weighted by atomic mass is 9.87. The first kappa shape index (κ1) is 62.5. The average molecular weight is 1120 g/mol. The standard InChI is InChI=1S/C28H39N3O5S2.C28H38N2O6S2/c1-3-9-20(16-23(33)21-17-28(18-31(21)4-2)37-14-8-15-38-28)26(35)22(32)12-13-24(34)30-25(27(29)36)19-10-6-5-7-11-19;1-3-9-20(16-23(32)21-17-28(18-30(21)4-2)37-14-8-15-38-28)26(34)22(31)12-13-24(33)29-25(27(35)36)19-10-6-5-7-11-19/h5-7,10-11,20-21,25H,3-4,8-9,12-18H2,1-2H3,(H2,29,36)(H,30,34);5-7,10-11,20-21,25H,3-4,8-9,12-18H2,1-2H3,(H,29,33)(H,35,36)/t2*20?,21-,25-/m00/s1. The molecule has 4 saturated heterocycles. The molecule has 6 rings (SSSR count). The van der Waals surface area contributed by atoms with Crippen LogP contribution in [0.15, 0.2) is 60.7 Å². The molecule has 6 atom stereocenters. The van der Waals surface area contributed by atoms with Gasteiger partial charge in [0.05, 0.1) is 20.2 Å². The van der Waals surface area contributed by atoms with Crippen LogP contribution in [-0.4, -0.2) is 143 Å². The molecule has 4 heterocycles. The third-order valence-corrected chi connectivity index (χ3v) is 21.1. The summed E-state index contributed by atoms with van der Waals surface area (Å²) in [6.45, 7) is 11.2. The second-order valence-electron chi connectivity index (χ2n) is 19.9. The van der Waals surface area contributed by atoms with Gasteiger partial charge in [-0.25, -0.2) is 4.79 Å². The molecule has 2 aromatic carbocycles. The maximum absolute atomic E-state index is 13.4. The van der Waals surface area contributed by atoms with Gasteiger partial charge in [-0.1, -0.05) is 101 Å². The molecule has 0 bridgehead atoms. The maximum Gasteiger partial charge on any atom is 0.330 e. The molecule has 4 aliphatic rings. The van der Waals surface area contributed by atoms with E-state index in [4.69, 9.17) is 5.73 Å². The van der Waals surface area contributed by atoms with Crippen LogP contribution in [0.3, 0.4) is 0 Å². The highest BCUT2D eigenvalue weighted by molar-refractivity contribution is 8.19. The van der Waals surface area contributed by atoms with Crippen molar-refractivity contribution in [2.75, 3.05) is 49.2 Å². The van der Waals surface area contributed by atoms with E-state index < -0.39 is 70.7 Å². The molecular formula is C56H77N5O11S4. The fourth-order valence-electron chi connectivity index (χ4n) is 10.4. The van der Waals surface area contributed by atoms with E-state index in [1.54, 1.807) is 60.7 Å². The van der Waals surface area contributed by atoms with Crippen molar-refractivity contribution in [3.05, 3.63) is 71.8 Å². The number of nitrogens with two attached hydrogens (primary N) is 1. The average Bonchev–Trinajstić information content (AvgIpc) is 3.97. The first-order valence-electron chi connectivity index (χ1n) is 26.8. The molecule has 16 nitrogen and oxygen atoms in total. The number of hydrogen-bond acceptors (Lipinski definition) is 16. The Hall–Kier alpha value is -4.34. The zero-order valence-corrected chi connectivity index (χ0v) is 47.7. The van der Waals surface area contributed by atoms with Crippen LogP contribution < -0.4 is 16.4 Å². The van der Waals surface area contributed by atoms with Gasteiger partial charge in [0, 0.05) is 63.5 Å². The summed E-state index contributed by atoms with van der Waals surface area (Å²) in [6, 6.07) is 14.1. The van der Waals surface area contributed by atoms with Crippen molar-refractivity contribution >= 4 is 105 Å². The number of likely N-dealkylation sites (tertiary alicyclic amines) is 2. The number of hydrogen-bond donors (Lipinski definition) is 4. The molecule has 4 fully saturated rings. The normalized spacial score (nSPS) is 20.5. The lowest BCUT2D eigenvalue weighted by Crippen LogP contribution is -2.39. The fraction of sp³-hybridized carbons (Fsp3) is 0.607. The largest absolute Gasteiger partial charge is 0.479 e. The molecule has 3 amide bonds. The number of likely N-dealkylation sites (N-methyl/N-ethyl adjacent to an activating group) is 2. The van der Waals surface area contributed by atoms with Crippen molar-refractivity contribution in [1.29, 1.82) is 0 Å². The number of Topliss-reactive ketones (excluding diaryl/α,β-unsaturated/α-hetero) is 6. The van der Waals surface area contributed by atoms with E-state index in [2.05, 4.69) is 27.4 Å². The number of thioether (sulfide) groups is 4. The molecule has 0 aliphatic carbocycles. The van der Waals surface area contributed by atoms with Gasteiger partial charge in [-0.3, -0.25) is 53.0 Å². The molecule has 76 heavy (non-hydrogen) atoms. The minimum Gasteiger partial charge on any atom is -0.479 e. The van der Waals surface area contributed by atoms with Crippen molar-refractivity contribution in [3.8, 4) is 0 Å². The lowest BCUT2D eigenvalue weighted by Gasteiger charge is -2.31. The predicted molar refractivity (Wildman–Crippen MR) is 302 cm³/mol.